The number of carbonyl (C=O) groups excluding carboxylic acids is 2. The molecule has 0 fully saturated rings. The number of benzene rings is 2. The predicted octanol–water partition coefficient (Wildman–Crippen LogP) is 3.45. The number of carbonyl (C=O) groups is 2. The largest absolute Gasteiger partial charge is 0.493 e. The Morgan fingerprint density at radius 2 is 1.79 bits per heavy atom. The molecule has 3 rings (SSSR count). The molecule has 8 heteroatoms. The van der Waals surface area contributed by atoms with Gasteiger partial charge in [-0.25, -0.2) is 13.9 Å². The molecule has 0 bridgehead atoms. The number of hydrogen-bond donors (Lipinski definition) is 1. The predicted molar refractivity (Wildman–Crippen MR) is 100 cm³/mol. The van der Waals surface area contributed by atoms with Crippen molar-refractivity contribution in [1.82, 2.24) is 9.78 Å². The third-order valence-corrected chi connectivity index (χ3v) is 3.86. The summed E-state index contributed by atoms with van der Waals surface area (Å²) in [5.41, 5.74) is 1.52. The number of halogens is 1. The summed E-state index contributed by atoms with van der Waals surface area (Å²) < 4.78 is 24.7. The summed E-state index contributed by atoms with van der Waals surface area (Å²) in [6.45, 7) is 2.01. The molecule has 1 aromatic heterocycles. The topological polar surface area (TPSA) is 82.5 Å². The Bertz CT molecular complexity index is 982. The molecule has 0 radical (unpaired) electrons. The molecular formula is C20H18FN3O4. The molecule has 0 saturated carbocycles. The second kappa shape index (κ2) is 8.34. The van der Waals surface area contributed by atoms with Crippen molar-refractivity contribution in [2.24, 2.45) is 0 Å². The fraction of sp³-hybridized carbons (Fsp3) is 0.150. The number of methoxy groups -OCH3 is 1. The van der Waals surface area contributed by atoms with Crippen molar-refractivity contribution in [1.29, 1.82) is 0 Å². The lowest BCUT2D eigenvalue weighted by molar-refractivity contribution is 0.0526. The highest BCUT2D eigenvalue weighted by Gasteiger charge is 2.19. The van der Waals surface area contributed by atoms with E-state index in [2.05, 4.69) is 10.4 Å². The molecule has 144 valence electrons. The van der Waals surface area contributed by atoms with Gasteiger partial charge in [0.2, 0.25) is 0 Å². The van der Waals surface area contributed by atoms with Gasteiger partial charge in [0.15, 0.2) is 11.4 Å². The number of nitrogens with zero attached hydrogens (tertiary/aromatic N) is 2. The van der Waals surface area contributed by atoms with Gasteiger partial charge in [0, 0.05) is 5.69 Å². The van der Waals surface area contributed by atoms with Crippen LogP contribution < -0.4 is 10.1 Å². The minimum absolute atomic E-state index is 0.0706. The number of anilines is 1. The minimum Gasteiger partial charge on any atom is -0.493 e. The molecule has 28 heavy (non-hydrogen) atoms. The van der Waals surface area contributed by atoms with Crippen molar-refractivity contribution in [2.75, 3.05) is 19.0 Å². The van der Waals surface area contributed by atoms with Crippen LogP contribution >= 0.6 is 0 Å². The number of amides is 1. The first kappa shape index (κ1) is 19.1. The molecule has 7 nitrogen and oxygen atoms in total. The van der Waals surface area contributed by atoms with Crippen molar-refractivity contribution < 1.29 is 23.5 Å². The average molecular weight is 383 g/mol. The summed E-state index contributed by atoms with van der Waals surface area (Å²) >= 11 is 0. The van der Waals surface area contributed by atoms with Crippen LogP contribution in [0.5, 0.6) is 5.75 Å². The van der Waals surface area contributed by atoms with Crippen molar-refractivity contribution in [3.8, 4) is 11.4 Å². The number of esters is 1. The van der Waals surface area contributed by atoms with E-state index in [1.54, 1.807) is 31.2 Å². The van der Waals surface area contributed by atoms with Crippen LogP contribution in [-0.2, 0) is 4.74 Å². The summed E-state index contributed by atoms with van der Waals surface area (Å²) in [7, 11) is 1.43. The Hall–Kier alpha value is -3.68. The lowest BCUT2D eigenvalue weighted by Gasteiger charge is -2.06. The molecule has 0 aliphatic rings. The molecule has 1 heterocycles. The highest BCUT2D eigenvalue weighted by atomic mass is 19.1. The molecular weight excluding hydrogens is 365 g/mol. The number of ether oxygens (including phenoxy) is 2. The summed E-state index contributed by atoms with van der Waals surface area (Å²) in [5.74, 6) is -1.02. The van der Waals surface area contributed by atoms with Gasteiger partial charge in [-0.3, -0.25) is 4.79 Å². The number of hydrogen-bond acceptors (Lipinski definition) is 5. The Morgan fingerprint density at radius 3 is 2.39 bits per heavy atom. The van der Waals surface area contributed by atoms with E-state index >= 15 is 0 Å². The quantitative estimate of drug-likeness (QED) is 0.660. The molecule has 0 unspecified atom stereocenters. The zero-order valence-electron chi connectivity index (χ0n) is 15.3. The minimum atomic E-state index is -0.485. The first-order chi connectivity index (χ1) is 13.5. The maximum atomic E-state index is 13.1. The number of rotatable bonds is 6. The smallest absolute Gasteiger partial charge is 0.338 e. The van der Waals surface area contributed by atoms with Crippen LogP contribution in [0, 0.1) is 5.82 Å². The van der Waals surface area contributed by atoms with Gasteiger partial charge in [-0.05, 0) is 55.5 Å². The number of aromatic nitrogens is 2. The summed E-state index contributed by atoms with van der Waals surface area (Å²) in [4.78, 5) is 24.3. The monoisotopic (exact) mass is 383 g/mol. The van der Waals surface area contributed by atoms with Gasteiger partial charge < -0.3 is 14.8 Å². The highest BCUT2D eigenvalue weighted by Crippen LogP contribution is 2.21. The van der Waals surface area contributed by atoms with E-state index in [1.165, 1.54) is 42.3 Å². The third kappa shape index (κ3) is 4.17. The van der Waals surface area contributed by atoms with Crippen LogP contribution in [0.4, 0.5) is 10.1 Å². The van der Waals surface area contributed by atoms with E-state index < -0.39 is 11.9 Å². The van der Waals surface area contributed by atoms with Gasteiger partial charge in [-0.15, -0.1) is 0 Å². The summed E-state index contributed by atoms with van der Waals surface area (Å²) in [5, 5.41) is 6.93. The lowest BCUT2D eigenvalue weighted by atomic mass is 10.2. The second-order valence-corrected chi connectivity index (χ2v) is 5.72. The van der Waals surface area contributed by atoms with Crippen molar-refractivity contribution in [2.45, 2.75) is 6.92 Å². The molecule has 0 aliphatic heterocycles. The molecule has 1 amide bonds. The van der Waals surface area contributed by atoms with E-state index in [4.69, 9.17) is 9.47 Å². The summed E-state index contributed by atoms with van der Waals surface area (Å²) in [6.07, 6.45) is 1.53. The molecule has 0 aliphatic carbocycles. The maximum Gasteiger partial charge on any atom is 0.338 e. The van der Waals surface area contributed by atoms with Crippen molar-refractivity contribution in [3.05, 3.63) is 71.8 Å². The van der Waals surface area contributed by atoms with Crippen LogP contribution in [0.1, 0.15) is 27.8 Å². The van der Waals surface area contributed by atoms with E-state index in [-0.39, 0.29) is 23.9 Å². The van der Waals surface area contributed by atoms with Gasteiger partial charge in [-0.2, -0.15) is 5.10 Å². The second-order valence-electron chi connectivity index (χ2n) is 5.72. The Balaban J connectivity index is 1.78. The Kier molecular flexibility index (Phi) is 5.69. The van der Waals surface area contributed by atoms with Crippen LogP contribution in [-0.4, -0.2) is 35.4 Å². The van der Waals surface area contributed by atoms with Crippen molar-refractivity contribution >= 4 is 17.6 Å². The van der Waals surface area contributed by atoms with Crippen LogP contribution in [0.3, 0.4) is 0 Å². The zero-order valence-corrected chi connectivity index (χ0v) is 15.3. The standard InChI is InChI=1S/C20H18FN3O4/c1-3-28-20(26)13-4-8-15(9-5-13)22-19(25)18-17(27-2)12-24(23-18)16-10-6-14(21)7-11-16/h4-12H,3H2,1-2H3,(H,22,25). The first-order valence-corrected chi connectivity index (χ1v) is 8.50. The van der Waals surface area contributed by atoms with Gasteiger partial charge in [0.05, 0.1) is 31.2 Å². The van der Waals surface area contributed by atoms with Crippen LogP contribution in [0.25, 0.3) is 5.69 Å². The fourth-order valence-corrected chi connectivity index (χ4v) is 2.49. The fourth-order valence-electron chi connectivity index (χ4n) is 2.49. The van der Waals surface area contributed by atoms with Gasteiger partial charge in [0.1, 0.15) is 5.82 Å². The average Bonchev–Trinajstić information content (AvgIpc) is 3.14. The summed E-state index contributed by atoms with van der Waals surface area (Å²) in [6, 6.07) is 12.0. The van der Waals surface area contributed by atoms with Crippen molar-refractivity contribution in [3.63, 3.8) is 0 Å². The molecule has 2 aromatic carbocycles. The number of nitrogens with one attached hydrogen (secondary N) is 1. The SMILES string of the molecule is CCOC(=O)c1ccc(NC(=O)c2nn(-c3ccc(F)cc3)cc2OC)cc1. The molecule has 0 atom stereocenters. The zero-order chi connectivity index (χ0) is 20.1. The van der Waals surface area contributed by atoms with Crippen LogP contribution in [0.2, 0.25) is 0 Å². The third-order valence-electron chi connectivity index (χ3n) is 3.86. The van der Waals surface area contributed by atoms with Gasteiger partial charge in [-0.1, -0.05) is 0 Å². The van der Waals surface area contributed by atoms with E-state index in [0.717, 1.165) is 0 Å². The highest BCUT2D eigenvalue weighted by molar-refractivity contribution is 6.05. The molecule has 0 saturated heterocycles. The molecule has 3 aromatic rings. The Morgan fingerprint density at radius 1 is 1.11 bits per heavy atom. The first-order valence-electron chi connectivity index (χ1n) is 8.50. The maximum absolute atomic E-state index is 13.1. The molecule has 0 spiro atoms. The van der Waals surface area contributed by atoms with E-state index in [1.807, 2.05) is 0 Å². The van der Waals surface area contributed by atoms with E-state index in [0.29, 0.717) is 16.9 Å². The Labute approximate surface area is 160 Å². The van der Waals surface area contributed by atoms with E-state index in [9.17, 15) is 14.0 Å². The molecule has 1 N–H and O–H groups in total. The van der Waals surface area contributed by atoms with Gasteiger partial charge >= 0.3 is 5.97 Å². The van der Waals surface area contributed by atoms with Crippen LogP contribution in [0.15, 0.2) is 54.7 Å². The lowest BCUT2D eigenvalue weighted by Crippen LogP contribution is -2.14. The van der Waals surface area contributed by atoms with Gasteiger partial charge in [0.25, 0.3) is 5.91 Å². The normalized spacial score (nSPS) is 10.4.